The van der Waals surface area contributed by atoms with Crippen molar-refractivity contribution >= 4 is 29.2 Å². The summed E-state index contributed by atoms with van der Waals surface area (Å²) in [5, 5.41) is 1.94. The third-order valence-corrected chi connectivity index (χ3v) is 4.35. The molecule has 0 spiro atoms. The number of fused-ring (bicyclic) bond motifs is 1. The Hall–Kier alpha value is -2.40. The molecule has 1 aliphatic heterocycles. The first kappa shape index (κ1) is 15.5. The van der Waals surface area contributed by atoms with Crippen molar-refractivity contribution in [2.45, 2.75) is 20.8 Å². The molecular weight excluding hydrogens is 312 g/mol. The van der Waals surface area contributed by atoms with Crippen LogP contribution in [0.15, 0.2) is 35.4 Å². The van der Waals surface area contributed by atoms with Gasteiger partial charge in [-0.3, -0.25) is 9.59 Å². The number of benzene rings is 1. The molecule has 0 fully saturated rings. The minimum Gasteiger partial charge on any atom is -0.452 e. The molecule has 4 nitrogen and oxygen atoms in total. The average molecular weight is 328 g/mol. The Kier molecular flexibility index (Phi) is 4.05. The molecule has 0 N–H and O–H groups in total. The number of ether oxygens (including phenoxy) is 2. The first-order valence-corrected chi connectivity index (χ1v) is 8.18. The smallest absolute Gasteiger partial charge is 0.313 e. The lowest BCUT2D eigenvalue weighted by Gasteiger charge is -2.11. The zero-order valence-corrected chi connectivity index (χ0v) is 13.9. The van der Waals surface area contributed by atoms with E-state index >= 15 is 0 Å². The van der Waals surface area contributed by atoms with Crippen molar-refractivity contribution in [3.63, 3.8) is 0 Å². The summed E-state index contributed by atoms with van der Waals surface area (Å²) in [4.78, 5) is 25.1. The number of thiophene rings is 1. The van der Waals surface area contributed by atoms with E-state index in [0.29, 0.717) is 22.6 Å². The van der Waals surface area contributed by atoms with Gasteiger partial charge in [-0.2, -0.15) is 0 Å². The van der Waals surface area contributed by atoms with Crippen LogP contribution in [0.1, 0.15) is 34.6 Å². The van der Waals surface area contributed by atoms with Crippen molar-refractivity contribution in [2.75, 3.05) is 0 Å². The second-order valence-corrected chi connectivity index (χ2v) is 6.58. The van der Waals surface area contributed by atoms with Gasteiger partial charge in [0.15, 0.2) is 5.76 Å². The van der Waals surface area contributed by atoms with Crippen molar-refractivity contribution in [1.82, 2.24) is 0 Å². The number of esters is 1. The molecule has 5 heteroatoms. The molecule has 2 heterocycles. The fraction of sp³-hybridized carbons (Fsp3) is 0.222. The van der Waals surface area contributed by atoms with E-state index in [0.717, 1.165) is 4.88 Å². The summed E-state index contributed by atoms with van der Waals surface area (Å²) in [6, 6.07) is 7.12. The Morgan fingerprint density at radius 1 is 1.30 bits per heavy atom. The average Bonchev–Trinajstić information content (AvgIpc) is 3.12. The first-order valence-electron chi connectivity index (χ1n) is 7.30. The van der Waals surface area contributed by atoms with E-state index in [1.54, 1.807) is 39.0 Å². The molecule has 0 saturated heterocycles. The van der Waals surface area contributed by atoms with Crippen LogP contribution in [0.2, 0.25) is 0 Å². The molecule has 1 aromatic carbocycles. The fourth-order valence-corrected chi connectivity index (χ4v) is 2.85. The Bertz CT molecular complexity index is 801. The lowest BCUT2D eigenvalue weighted by molar-refractivity contribution is -0.137. The van der Waals surface area contributed by atoms with E-state index in [9.17, 15) is 9.59 Å². The van der Waals surface area contributed by atoms with Gasteiger partial charge in [-0.1, -0.05) is 19.9 Å². The first-order chi connectivity index (χ1) is 11.0. The molecule has 0 amide bonds. The maximum Gasteiger partial charge on any atom is 0.313 e. The molecule has 3 rings (SSSR count). The van der Waals surface area contributed by atoms with Crippen LogP contribution in [0.3, 0.4) is 0 Å². The summed E-state index contributed by atoms with van der Waals surface area (Å²) >= 11 is 1.53. The highest BCUT2D eigenvalue weighted by atomic mass is 32.1. The zero-order chi connectivity index (χ0) is 16.6. The zero-order valence-electron chi connectivity index (χ0n) is 13.1. The summed E-state index contributed by atoms with van der Waals surface area (Å²) in [7, 11) is 0. The Morgan fingerprint density at radius 2 is 2.09 bits per heavy atom. The Morgan fingerprint density at radius 3 is 2.74 bits per heavy atom. The van der Waals surface area contributed by atoms with Crippen LogP contribution in [-0.4, -0.2) is 11.8 Å². The molecule has 0 saturated carbocycles. The van der Waals surface area contributed by atoms with Crippen LogP contribution in [0, 0.1) is 12.8 Å². The van der Waals surface area contributed by atoms with Gasteiger partial charge in [0.25, 0.3) is 0 Å². The number of hydrogen-bond donors (Lipinski definition) is 0. The molecular formula is C18H16O4S. The van der Waals surface area contributed by atoms with Crippen LogP contribution >= 0.6 is 11.3 Å². The number of allylic oxidation sites excluding steroid dienone is 1. The molecule has 1 aliphatic rings. The van der Waals surface area contributed by atoms with Gasteiger partial charge in [-0.05, 0) is 30.5 Å². The number of hydrogen-bond acceptors (Lipinski definition) is 5. The number of carbonyl (C=O) groups is 2. The van der Waals surface area contributed by atoms with Crippen LogP contribution in [-0.2, 0) is 4.79 Å². The monoisotopic (exact) mass is 328 g/mol. The molecule has 118 valence electrons. The number of carbonyl (C=O) groups excluding carboxylic acids is 2. The largest absolute Gasteiger partial charge is 0.452 e. The fourth-order valence-electron chi connectivity index (χ4n) is 2.21. The number of ketones is 1. The quantitative estimate of drug-likeness (QED) is 0.480. The summed E-state index contributed by atoms with van der Waals surface area (Å²) in [5.41, 5.74) is 1.15. The van der Waals surface area contributed by atoms with Crippen LogP contribution < -0.4 is 9.47 Å². The van der Waals surface area contributed by atoms with Crippen LogP contribution in [0.25, 0.3) is 6.08 Å². The Balaban J connectivity index is 1.93. The topological polar surface area (TPSA) is 52.6 Å². The van der Waals surface area contributed by atoms with E-state index in [1.165, 1.54) is 11.3 Å². The molecule has 1 aromatic heterocycles. The van der Waals surface area contributed by atoms with Crippen LogP contribution in [0.4, 0.5) is 0 Å². The van der Waals surface area contributed by atoms with Gasteiger partial charge in [0.05, 0.1) is 11.5 Å². The highest BCUT2D eigenvalue weighted by Gasteiger charge is 2.30. The predicted octanol–water partition coefficient (Wildman–Crippen LogP) is 4.23. The molecule has 0 atom stereocenters. The normalized spacial score (nSPS) is 15.0. The van der Waals surface area contributed by atoms with Gasteiger partial charge in [-0.15, -0.1) is 11.3 Å². The summed E-state index contributed by atoms with van der Waals surface area (Å²) < 4.78 is 11.1. The predicted molar refractivity (Wildman–Crippen MR) is 88.9 cm³/mol. The van der Waals surface area contributed by atoms with Crippen molar-refractivity contribution in [3.05, 3.63) is 51.4 Å². The SMILES string of the molecule is Cc1c(OC(=O)C(C)C)ccc2c1O/C(=C\c1cccs1)C2=O. The van der Waals surface area contributed by atoms with E-state index in [4.69, 9.17) is 9.47 Å². The molecule has 0 radical (unpaired) electrons. The van der Waals surface area contributed by atoms with Gasteiger partial charge < -0.3 is 9.47 Å². The van der Waals surface area contributed by atoms with Gasteiger partial charge in [-0.25, -0.2) is 0 Å². The maximum atomic E-state index is 12.4. The van der Waals surface area contributed by atoms with E-state index in [1.807, 2.05) is 17.5 Å². The molecule has 0 unspecified atom stereocenters. The van der Waals surface area contributed by atoms with Crippen molar-refractivity contribution < 1.29 is 19.1 Å². The van der Waals surface area contributed by atoms with E-state index < -0.39 is 0 Å². The number of Topliss-reactive ketones (excluding diaryl/α,β-unsaturated/α-hetero) is 1. The second kappa shape index (κ2) is 6.01. The van der Waals surface area contributed by atoms with E-state index in [2.05, 4.69) is 0 Å². The second-order valence-electron chi connectivity index (χ2n) is 5.60. The van der Waals surface area contributed by atoms with Crippen molar-refractivity contribution in [1.29, 1.82) is 0 Å². The number of rotatable bonds is 3. The lowest BCUT2D eigenvalue weighted by atomic mass is 10.1. The maximum absolute atomic E-state index is 12.4. The van der Waals surface area contributed by atoms with Crippen molar-refractivity contribution in [2.24, 2.45) is 5.92 Å². The molecule has 23 heavy (non-hydrogen) atoms. The standard InChI is InChI=1S/C18H16O4S/c1-10(2)18(20)22-14-7-6-13-16(19)15(21-17(13)11(14)3)9-12-5-4-8-23-12/h4-10H,1-3H3/b15-9-. The van der Waals surface area contributed by atoms with E-state index in [-0.39, 0.29) is 23.4 Å². The minimum absolute atomic E-state index is 0.154. The highest BCUT2D eigenvalue weighted by molar-refractivity contribution is 7.10. The minimum atomic E-state index is -0.313. The van der Waals surface area contributed by atoms with Gasteiger partial charge in [0.2, 0.25) is 5.78 Å². The lowest BCUT2D eigenvalue weighted by Crippen LogP contribution is -2.15. The van der Waals surface area contributed by atoms with Gasteiger partial charge in [0, 0.05) is 16.5 Å². The summed E-state index contributed by atoms with van der Waals surface area (Å²) in [6.07, 6.45) is 1.73. The van der Waals surface area contributed by atoms with Gasteiger partial charge >= 0.3 is 5.97 Å². The third-order valence-electron chi connectivity index (χ3n) is 3.54. The highest BCUT2D eigenvalue weighted by Crippen LogP contribution is 2.39. The van der Waals surface area contributed by atoms with Gasteiger partial charge in [0.1, 0.15) is 11.5 Å². The molecule has 0 aliphatic carbocycles. The van der Waals surface area contributed by atoms with Crippen molar-refractivity contribution in [3.8, 4) is 11.5 Å². The van der Waals surface area contributed by atoms with Crippen LogP contribution in [0.5, 0.6) is 11.5 Å². The molecule has 0 bridgehead atoms. The summed E-state index contributed by atoms with van der Waals surface area (Å²) in [6.45, 7) is 5.32. The third kappa shape index (κ3) is 2.92. The molecule has 2 aromatic rings. The summed E-state index contributed by atoms with van der Waals surface area (Å²) in [5.74, 6) is 0.488. The Labute approximate surface area is 138 Å².